The fraction of sp³-hybridized carbons (Fsp3) is 0.240. The summed E-state index contributed by atoms with van der Waals surface area (Å²) >= 11 is 0. The maximum Gasteiger partial charge on any atom is 0.296 e. The summed E-state index contributed by atoms with van der Waals surface area (Å²) in [4.78, 5) is 31.5. The largest absolute Gasteiger partial charge is 0.507 e. The second-order valence-corrected chi connectivity index (χ2v) is 7.99. The zero-order chi connectivity index (χ0) is 22.7. The van der Waals surface area contributed by atoms with Crippen molar-refractivity contribution in [2.24, 2.45) is 5.92 Å². The van der Waals surface area contributed by atoms with Gasteiger partial charge in [-0.15, -0.1) is 0 Å². The highest BCUT2D eigenvalue weighted by molar-refractivity contribution is 6.46. The van der Waals surface area contributed by atoms with Gasteiger partial charge in [0.05, 0.1) is 30.7 Å². The Balaban J connectivity index is 1.71. The molecule has 1 aliphatic rings. The van der Waals surface area contributed by atoms with Crippen LogP contribution in [-0.4, -0.2) is 33.3 Å². The molecule has 3 aromatic rings. The Morgan fingerprint density at radius 1 is 1.12 bits per heavy atom. The zero-order valence-electron chi connectivity index (χ0n) is 17.9. The summed E-state index contributed by atoms with van der Waals surface area (Å²) in [6, 6.07) is 14.6. The Labute approximate surface area is 186 Å². The molecule has 1 fully saturated rings. The number of pyridine rings is 1. The topological polar surface area (TPSA) is 92.9 Å². The molecular weight excluding hydrogens is 408 g/mol. The first kappa shape index (κ1) is 21.4. The highest BCUT2D eigenvalue weighted by atomic mass is 16.5. The summed E-state index contributed by atoms with van der Waals surface area (Å²) in [5, 5.41) is 11.1. The molecule has 7 nitrogen and oxygen atoms in total. The van der Waals surface area contributed by atoms with E-state index in [9.17, 15) is 14.7 Å². The van der Waals surface area contributed by atoms with Crippen LogP contribution in [0.1, 0.15) is 36.9 Å². The van der Waals surface area contributed by atoms with Crippen LogP contribution in [0.4, 0.5) is 0 Å². The molecule has 0 saturated carbocycles. The van der Waals surface area contributed by atoms with Crippen LogP contribution in [0.2, 0.25) is 0 Å². The van der Waals surface area contributed by atoms with E-state index in [1.807, 2.05) is 6.07 Å². The van der Waals surface area contributed by atoms with Gasteiger partial charge in [-0.1, -0.05) is 19.9 Å². The van der Waals surface area contributed by atoms with Crippen molar-refractivity contribution in [3.8, 4) is 5.75 Å². The molecule has 0 radical (unpaired) electrons. The third kappa shape index (κ3) is 4.27. The Kier molecular flexibility index (Phi) is 6.07. The molecule has 164 valence electrons. The molecule has 0 spiro atoms. The van der Waals surface area contributed by atoms with E-state index in [-0.39, 0.29) is 17.9 Å². The number of likely N-dealkylation sites (tertiary alicyclic amines) is 1. The number of ether oxygens (including phenoxy) is 1. The summed E-state index contributed by atoms with van der Waals surface area (Å²) in [6.45, 7) is 4.79. The maximum absolute atomic E-state index is 13.0. The van der Waals surface area contributed by atoms with Crippen LogP contribution in [0.15, 0.2) is 77.0 Å². The molecule has 3 heterocycles. The first-order chi connectivity index (χ1) is 15.5. The standard InChI is InChI=1S/C25H24N2O5/c1-16(2)15-32-19-10-8-17(9-11-19)23(28)21-22(20-7-5-13-31-20)27(25(30)24(21)29)14-18-6-3-4-12-26-18/h3-13,16,22,28H,14-15H2,1-2H3/b23-21-. The van der Waals surface area contributed by atoms with Gasteiger partial charge in [-0.05, 0) is 54.4 Å². The Hall–Kier alpha value is -3.87. The van der Waals surface area contributed by atoms with Crippen molar-refractivity contribution < 1.29 is 23.8 Å². The summed E-state index contributed by atoms with van der Waals surface area (Å²) < 4.78 is 11.2. The molecule has 32 heavy (non-hydrogen) atoms. The molecular formula is C25H24N2O5. The minimum absolute atomic E-state index is 0.0169. The van der Waals surface area contributed by atoms with Crippen LogP contribution in [0.3, 0.4) is 0 Å². The predicted molar refractivity (Wildman–Crippen MR) is 118 cm³/mol. The van der Waals surface area contributed by atoms with Gasteiger partial charge in [0.1, 0.15) is 23.3 Å². The number of Topliss-reactive ketones (excluding diaryl/α,β-unsaturated/α-hetero) is 1. The molecule has 2 aromatic heterocycles. The number of ketones is 1. The Morgan fingerprint density at radius 2 is 1.91 bits per heavy atom. The number of benzene rings is 1. The van der Waals surface area contributed by atoms with Crippen LogP contribution in [0.5, 0.6) is 5.75 Å². The third-order valence-corrected chi connectivity index (χ3v) is 5.12. The minimum Gasteiger partial charge on any atom is -0.507 e. The SMILES string of the molecule is CC(C)COc1ccc(/C(O)=C2/C(=O)C(=O)N(Cc3ccccn3)C2c2ccco2)cc1. The van der Waals surface area contributed by atoms with E-state index in [1.54, 1.807) is 54.7 Å². The number of amides is 1. The van der Waals surface area contributed by atoms with Crippen LogP contribution < -0.4 is 4.74 Å². The molecule has 1 saturated heterocycles. The fourth-order valence-electron chi connectivity index (χ4n) is 3.58. The Morgan fingerprint density at radius 3 is 2.53 bits per heavy atom. The van der Waals surface area contributed by atoms with Gasteiger partial charge in [-0.3, -0.25) is 14.6 Å². The average molecular weight is 432 g/mol. The molecule has 1 unspecified atom stereocenters. The fourth-order valence-corrected chi connectivity index (χ4v) is 3.58. The number of hydrogen-bond donors (Lipinski definition) is 1. The normalized spacial score (nSPS) is 17.8. The van der Waals surface area contributed by atoms with Crippen molar-refractivity contribution in [3.63, 3.8) is 0 Å². The lowest BCUT2D eigenvalue weighted by Gasteiger charge is -2.22. The van der Waals surface area contributed by atoms with Gasteiger partial charge in [-0.2, -0.15) is 0 Å². The number of nitrogens with zero attached hydrogens (tertiary/aromatic N) is 2. The van der Waals surface area contributed by atoms with Gasteiger partial charge < -0.3 is 19.2 Å². The van der Waals surface area contributed by atoms with E-state index in [4.69, 9.17) is 9.15 Å². The van der Waals surface area contributed by atoms with Crippen molar-refractivity contribution in [2.75, 3.05) is 6.61 Å². The van der Waals surface area contributed by atoms with E-state index >= 15 is 0 Å². The highest BCUT2D eigenvalue weighted by Gasteiger charge is 2.47. The van der Waals surface area contributed by atoms with Crippen molar-refractivity contribution in [1.29, 1.82) is 0 Å². The van der Waals surface area contributed by atoms with Crippen molar-refractivity contribution in [1.82, 2.24) is 9.88 Å². The van der Waals surface area contributed by atoms with Crippen LogP contribution in [-0.2, 0) is 16.1 Å². The van der Waals surface area contributed by atoms with Crippen molar-refractivity contribution in [3.05, 3.63) is 89.6 Å². The number of carbonyl (C=O) groups excluding carboxylic acids is 2. The average Bonchev–Trinajstić information content (AvgIpc) is 3.41. The lowest BCUT2D eigenvalue weighted by Crippen LogP contribution is -2.29. The van der Waals surface area contributed by atoms with Gasteiger partial charge in [0.2, 0.25) is 0 Å². The number of aliphatic hydroxyl groups is 1. The van der Waals surface area contributed by atoms with Gasteiger partial charge in [0.15, 0.2) is 0 Å². The molecule has 7 heteroatoms. The molecule has 1 atom stereocenters. The number of rotatable bonds is 7. The first-order valence-electron chi connectivity index (χ1n) is 10.4. The van der Waals surface area contributed by atoms with E-state index in [0.29, 0.717) is 35.3 Å². The number of carbonyl (C=O) groups is 2. The lowest BCUT2D eigenvalue weighted by atomic mass is 9.99. The second-order valence-electron chi connectivity index (χ2n) is 7.99. The predicted octanol–water partition coefficient (Wildman–Crippen LogP) is 4.33. The molecule has 1 N–H and O–H groups in total. The molecule has 0 bridgehead atoms. The lowest BCUT2D eigenvalue weighted by molar-refractivity contribution is -0.140. The quantitative estimate of drug-likeness (QED) is 0.339. The molecule has 1 amide bonds. The summed E-state index contributed by atoms with van der Waals surface area (Å²) in [6.07, 6.45) is 3.09. The van der Waals surface area contributed by atoms with Crippen molar-refractivity contribution in [2.45, 2.75) is 26.4 Å². The van der Waals surface area contributed by atoms with Gasteiger partial charge in [0, 0.05) is 11.8 Å². The molecule has 1 aromatic carbocycles. The molecule has 0 aliphatic carbocycles. The van der Waals surface area contributed by atoms with Crippen LogP contribution in [0.25, 0.3) is 5.76 Å². The number of aliphatic hydroxyl groups excluding tert-OH is 1. The summed E-state index contributed by atoms with van der Waals surface area (Å²) in [7, 11) is 0. The van der Waals surface area contributed by atoms with E-state index in [0.717, 1.165) is 0 Å². The van der Waals surface area contributed by atoms with Gasteiger partial charge >= 0.3 is 0 Å². The molecule has 4 rings (SSSR count). The minimum atomic E-state index is -0.858. The van der Waals surface area contributed by atoms with Crippen LogP contribution in [0, 0.1) is 5.92 Å². The van der Waals surface area contributed by atoms with E-state index in [1.165, 1.54) is 11.2 Å². The van der Waals surface area contributed by atoms with Gasteiger partial charge in [0.25, 0.3) is 11.7 Å². The second kappa shape index (κ2) is 9.09. The highest BCUT2D eigenvalue weighted by Crippen LogP contribution is 2.40. The summed E-state index contributed by atoms with van der Waals surface area (Å²) in [5.41, 5.74) is 1.02. The van der Waals surface area contributed by atoms with Crippen molar-refractivity contribution >= 4 is 17.4 Å². The van der Waals surface area contributed by atoms with E-state index in [2.05, 4.69) is 18.8 Å². The number of hydrogen-bond acceptors (Lipinski definition) is 6. The Bertz CT molecular complexity index is 1120. The number of aromatic nitrogens is 1. The first-order valence-corrected chi connectivity index (χ1v) is 10.4. The monoisotopic (exact) mass is 432 g/mol. The molecule has 1 aliphatic heterocycles. The summed E-state index contributed by atoms with van der Waals surface area (Å²) in [5.74, 6) is -0.308. The number of furan rings is 1. The van der Waals surface area contributed by atoms with Gasteiger partial charge in [-0.25, -0.2) is 0 Å². The maximum atomic E-state index is 13.0. The third-order valence-electron chi connectivity index (χ3n) is 5.12. The smallest absolute Gasteiger partial charge is 0.296 e. The van der Waals surface area contributed by atoms with E-state index < -0.39 is 17.7 Å². The van der Waals surface area contributed by atoms with Crippen LogP contribution >= 0.6 is 0 Å². The zero-order valence-corrected chi connectivity index (χ0v) is 17.9.